The Hall–Kier alpha value is -0.610. The zero-order chi connectivity index (χ0) is 13.0. The normalized spacial score (nSPS) is 18.2. The number of alkyl halides is 1. The summed E-state index contributed by atoms with van der Waals surface area (Å²) in [4.78, 5) is 18.3. The van der Waals surface area contributed by atoms with Gasteiger partial charge in [-0.2, -0.15) is 0 Å². The molecule has 0 bridgehead atoms. The fourth-order valence-electron chi connectivity index (χ4n) is 2.12. The van der Waals surface area contributed by atoms with Crippen LogP contribution in [0.15, 0.2) is 22.8 Å². The molecule has 0 aromatic carbocycles. The SMILES string of the molecule is O=C(C(Cl)c1ccc(Br)cn1)N1CCCCCC1. The number of carbonyl (C=O) groups excluding carboxylic acids is 1. The highest BCUT2D eigenvalue weighted by atomic mass is 79.9. The molecule has 0 N–H and O–H groups in total. The molecule has 1 aromatic heterocycles. The smallest absolute Gasteiger partial charge is 0.246 e. The third-order valence-electron chi connectivity index (χ3n) is 3.14. The molecule has 1 fully saturated rings. The number of rotatable bonds is 2. The van der Waals surface area contributed by atoms with Crippen LogP contribution in [0.25, 0.3) is 0 Å². The molecule has 1 aliphatic heterocycles. The van der Waals surface area contributed by atoms with Crippen molar-refractivity contribution in [2.45, 2.75) is 31.1 Å². The van der Waals surface area contributed by atoms with Crippen LogP contribution in [0.5, 0.6) is 0 Å². The first-order chi connectivity index (χ1) is 8.68. The van der Waals surface area contributed by atoms with Gasteiger partial charge in [0.15, 0.2) is 5.38 Å². The van der Waals surface area contributed by atoms with Gasteiger partial charge >= 0.3 is 0 Å². The van der Waals surface area contributed by atoms with Gasteiger partial charge in [0.1, 0.15) is 0 Å². The van der Waals surface area contributed by atoms with Crippen LogP contribution >= 0.6 is 27.5 Å². The van der Waals surface area contributed by atoms with E-state index in [2.05, 4.69) is 20.9 Å². The van der Waals surface area contributed by atoms with Gasteiger partial charge in [0.05, 0.1) is 5.69 Å². The molecule has 0 radical (unpaired) electrons. The van der Waals surface area contributed by atoms with Crippen LogP contribution < -0.4 is 0 Å². The standard InChI is InChI=1S/C13H16BrClN2O/c14-10-5-6-11(16-9-10)12(15)13(18)17-7-3-1-2-4-8-17/h5-6,9,12H,1-4,7-8H2. The molecule has 5 heteroatoms. The van der Waals surface area contributed by atoms with Crippen molar-refractivity contribution in [2.24, 2.45) is 0 Å². The van der Waals surface area contributed by atoms with Crippen molar-refractivity contribution in [3.05, 3.63) is 28.5 Å². The van der Waals surface area contributed by atoms with Gasteiger partial charge in [-0.1, -0.05) is 12.8 Å². The largest absolute Gasteiger partial charge is 0.341 e. The molecular formula is C13H16BrClN2O. The Kier molecular flexibility index (Phi) is 5.01. The van der Waals surface area contributed by atoms with E-state index in [-0.39, 0.29) is 5.91 Å². The molecule has 1 aromatic rings. The lowest BCUT2D eigenvalue weighted by Crippen LogP contribution is -2.34. The van der Waals surface area contributed by atoms with E-state index in [4.69, 9.17) is 11.6 Å². The average Bonchev–Trinajstić information content (AvgIpc) is 2.67. The van der Waals surface area contributed by atoms with Crippen molar-refractivity contribution in [1.82, 2.24) is 9.88 Å². The van der Waals surface area contributed by atoms with Crippen LogP contribution in [0.2, 0.25) is 0 Å². The topological polar surface area (TPSA) is 33.2 Å². The molecule has 0 saturated carbocycles. The summed E-state index contributed by atoms with van der Waals surface area (Å²) < 4.78 is 0.886. The Bertz CT molecular complexity index is 402. The van der Waals surface area contributed by atoms with Crippen LogP contribution in [0, 0.1) is 0 Å². The maximum atomic E-state index is 12.3. The summed E-state index contributed by atoms with van der Waals surface area (Å²) in [5, 5.41) is -0.670. The first-order valence-corrected chi connectivity index (χ1v) is 7.46. The number of pyridine rings is 1. The van der Waals surface area contributed by atoms with Crippen LogP contribution in [0.1, 0.15) is 36.8 Å². The lowest BCUT2D eigenvalue weighted by Gasteiger charge is -2.22. The number of halogens is 2. The van der Waals surface area contributed by atoms with Crippen molar-refractivity contribution in [1.29, 1.82) is 0 Å². The summed E-state index contributed by atoms with van der Waals surface area (Å²) in [5.41, 5.74) is 0.620. The fourth-order valence-corrected chi connectivity index (χ4v) is 2.62. The number of aromatic nitrogens is 1. The predicted octanol–water partition coefficient (Wildman–Crippen LogP) is 3.53. The van der Waals surface area contributed by atoms with Gasteiger partial charge in [-0.3, -0.25) is 9.78 Å². The lowest BCUT2D eigenvalue weighted by atomic mass is 10.2. The van der Waals surface area contributed by atoms with Crippen molar-refractivity contribution in [3.8, 4) is 0 Å². The monoisotopic (exact) mass is 330 g/mol. The summed E-state index contributed by atoms with van der Waals surface area (Å²) in [6, 6.07) is 3.64. The number of hydrogen-bond acceptors (Lipinski definition) is 2. The maximum absolute atomic E-state index is 12.3. The lowest BCUT2D eigenvalue weighted by molar-refractivity contribution is -0.130. The fraction of sp³-hybridized carbons (Fsp3) is 0.538. The number of hydrogen-bond donors (Lipinski definition) is 0. The summed E-state index contributed by atoms with van der Waals surface area (Å²) in [5.74, 6) is -0.0200. The minimum Gasteiger partial charge on any atom is -0.341 e. The minimum absolute atomic E-state index is 0.0200. The predicted molar refractivity (Wildman–Crippen MR) is 75.6 cm³/mol. The Labute approximate surface area is 121 Å². The van der Waals surface area contributed by atoms with Crippen molar-refractivity contribution in [2.75, 3.05) is 13.1 Å². The summed E-state index contributed by atoms with van der Waals surface area (Å²) in [7, 11) is 0. The Balaban J connectivity index is 2.05. The molecule has 1 unspecified atom stereocenters. The summed E-state index contributed by atoms with van der Waals surface area (Å²) in [6.07, 6.45) is 6.22. The minimum atomic E-state index is -0.670. The highest BCUT2D eigenvalue weighted by Gasteiger charge is 2.25. The molecule has 2 heterocycles. The van der Waals surface area contributed by atoms with E-state index < -0.39 is 5.38 Å². The summed E-state index contributed by atoms with van der Waals surface area (Å²) >= 11 is 9.54. The second-order valence-corrected chi connectivity index (χ2v) is 5.86. The third-order valence-corrected chi connectivity index (χ3v) is 4.02. The molecule has 1 aliphatic rings. The van der Waals surface area contributed by atoms with Crippen molar-refractivity contribution < 1.29 is 4.79 Å². The third kappa shape index (κ3) is 3.45. The van der Waals surface area contributed by atoms with E-state index in [9.17, 15) is 4.79 Å². The molecular weight excluding hydrogens is 316 g/mol. The second-order valence-electron chi connectivity index (χ2n) is 4.50. The van der Waals surface area contributed by atoms with Crippen LogP contribution in [-0.4, -0.2) is 28.9 Å². The molecule has 18 heavy (non-hydrogen) atoms. The number of nitrogens with zero attached hydrogens (tertiary/aromatic N) is 2. The van der Waals surface area contributed by atoms with Gasteiger partial charge in [-0.15, -0.1) is 11.6 Å². The highest BCUT2D eigenvalue weighted by molar-refractivity contribution is 9.10. The second kappa shape index (κ2) is 6.53. The van der Waals surface area contributed by atoms with Crippen LogP contribution in [-0.2, 0) is 4.79 Å². The number of likely N-dealkylation sites (tertiary alicyclic amines) is 1. The molecule has 1 saturated heterocycles. The van der Waals surface area contributed by atoms with E-state index in [0.717, 1.165) is 30.4 Å². The molecule has 98 valence electrons. The van der Waals surface area contributed by atoms with Gasteiger partial charge in [0, 0.05) is 23.8 Å². The van der Waals surface area contributed by atoms with Crippen molar-refractivity contribution >= 4 is 33.4 Å². The molecule has 1 atom stereocenters. The Morgan fingerprint density at radius 1 is 1.28 bits per heavy atom. The van der Waals surface area contributed by atoms with E-state index in [0.29, 0.717) is 5.69 Å². The number of carbonyl (C=O) groups is 1. The molecule has 0 aliphatic carbocycles. The van der Waals surface area contributed by atoms with Gasteiger partial charge < -0.3 is 4.90 Å². The first kappa shape index (κ1) is 13.8. The van der Waals surface area contributed by atoms with Gasteiger partial charge in [-0.25, -0.2) is 0 Å². The average molecular weight is 332 g/mol. The summed E-state index contributed by atoms with van der Waals surface area (Å²) in [6.45, 7) is 1.64. The van der Waals surface area contributed by atoms with E-state index >= 15 is 0 Å². The number of amides is 1. The molecule has 2 rings (SSSR count). The maximum Gasteiger partial charge on any atom is 0.246 e. The van der Waals surface area contributed by atoms with Gasteiger partial charge in [-0.05, 0) is 40.9 Å². The van der Waals surface area contributed by atoms with Crippen LogP contribution in [0.3, 0.4) is 0 Å². The Morgan fingerprint density at radius 3 is 2.50 bits per heavy atom. The van der Waals surface area contributed by atoms with E-state index in [1.807, 2.05) is 11.0 Å². The van der Waals surface area contributed by atoms with Crippen molar-refractivity contribution in [3.63, 3.8) is 0 Å². The van der Waals surface area contributed by atoms with E-state index in [1.54, 1.807) is 12.3 Å². The quantitative estimate of drug-likeness (QED) is 0.777. The zero-order valence-corrected chi connectivity index (χ0v) is 12.5. The van der Waals surface area contributed by atoms with Crippen LogP contribution in [0.4, 0.5) is 0 Å². The first-order valence-electron chi connectivity index (χ1n) is 6.23. The molecule has 1 amide bonds. The molecule has 3 nitrogen and oxygen atoms in total. The van der Waals surface area contributed by atoms with Gasteiger partial charge in [0.25, 0.3) is 0 Å². The Morgan fingerprint density at radius 2 is 1.94 bits per heavy atom. The molecule has 0 spiro atoms. The van der Waals surface area contributed by atoms with E-state index in [1.165, 1.54) is 12.8 Å². The zero-order valence-electron chi connectivity index (χ0n) is 10.1. The highest BCUT2D eigenvalue weighted by Crippen LogP contribution is 2.24. The van der Waals surface area contributed by atoms with Gasteiger partial charge in [0.2, 0.25) is 5.91 Å².